The van der Waals surface area contributed by atoms with Crippen LogP contribution in [0.15, 0.2) is 58.2 Å². The topological polar surface area (TPSA) is 115 Å². The highest BCUT2D eigenvalue weighted by Crippen LogP contribution is 2.16. The number of benzene rings is 2. The number of nitrogens with zero attached hydrogens (tertiary/aromatic N) is 3. The Morgan fingerprint density at radius 1 is 1.10 bits per heavy atom. The third kappa shape index (κ3) is 4.81. The maximum atomic E-state index is 13.1. The first-order valence-corrected chi connectivity index (χ1v) is 10.4. The maximum Gasteiger partial charge on any atom is 0.345 e. The van der Waals surface area contributed by atoms with Gasteiger partial charge in [0, 0.05) is 31.8 Å². The predicted molar refractivity (Wildman–Crippen MR) is 109 cm³/mol. The molecule has 0 saturated carbocycles. The summed E-state index contributed by atoms with van der Waals surface area (Å²) in [6, 6.07) is 11.3. The molecule has 0 fully saturated rings. The van der Waals surface area contributed by atoms with Crippen LogP contribution in [-0.2, 0) is 28.4 Å². The van der Waals surface area contributed by atoms with E-state index in [-0.39, 0.29) is 23.9 Å². The van der Waals surface area contributed by atoms with Crippen LogP contribution in [0.2, 0.25) is 0 Å². The largest absolute Gasteiger partial charge is 0.345 e. The molecule has 3 aromatic rings. The Balaban J connectivity index is 1.68. The van der Waals surface area contributed by atoms with Crippen LogP contribution >= 0.6 is 0 Å². The zero-order valence-corrected chi connectivity index (χ0v) is 17.1. The number of aromatic nitrogens is 3. The van der Waals surface area contributed by atoms with E-state index in [1.807, 2.05) is 0 Å². The fourth-order valence-corrected chi connectivity index (χ4v) is 3.79. The normalized spacial score (nSPS) is 11.4. The van der Waals surface area contributed by atoms with Gasteiger partial charge in [-0.05, 0) is 48.5 Å². The van der Waals surface area contributed by atoms with Crippen LogP contribution in [0.3, 0.4) is 0 Å². The van der Waals surface area contributed by atoms with E-state index in [1.165, 1.54) is 67.1 Å². The number of hydrogen-bond acceptors (Lipinski definition) is 5. The van der Waals surface area contributed by atoms with Gasteiger partial charge < -0.3 is 5.32 Å². The highest BCUT2D eigenvalue weighted by atomic mass is 32.2. The molecule has 0 bridgehead atoms. The molecule has 0 saturated heterocycles. The van der Waals surface area contributed by atoms with E-state index < -0.39 is 21.5 Å². The molecule has 0 aliphatic heterocycles. The molecule has 30 heavy (non-hydrogen) atoms. The molecular weight excluding hydrogens is 413 g/mol. The Morgan fingerprint density at radius 2 is 1.73 bits per heavy atom. The highest BCUT2D eigenvalue weighted by Gasteiger charge is 2.16. The van der Waals surface area contributed by atoms with Crippen LogP contribution in [0, 0.1) is 5.82 Å². The van der Waals surface area contributed by atoms with Crippen LogP contribution < -0.4 is 15.7 Å². The third-order valence-corrected chi connectivity index (χ3v) is 5.72. The smallest absolute Gasteiger partial charge is 0.326 e. The minimum absolute atomic E-state index is 0.0110. The second-order valence-electron chi connectivity index (χ2n) is 6.50. The van der Waals surface area contributed by atoms with Crippen molar-refractivity contribution in [1.82, 2.24) is 19.1 Å². The number of halogens is 1. The van der Waals surface area contributed by atoms with Crippen molar-refractivity contribution in [3.05, 3.63) is 64.8 Å². The minimum atomic E-state index is -3.80. The number of carbonyl (C=O) groups is 1. The number of rotatable bonds is 7. The molecule has 1 heterocycles. The number of amides is 1. The first-order valence-electron chi connectivity index (χ1n) is 8.94. The molecule has 0 radical (unpaired) electrons. The lowest BCUT2D eigenvalue weighted by molar-refractivity contribution is -0.114. The highest BCUT2D eigenvalue weighted by molar-refractivity contribution is 7.89. The van der Waals surface area contributed by atoms with Gasteiger partial charge in [-0.1, -0.05) is 0 Å². The van der Waals surface area contributed by atoms with E-state index in [0.717, 1.165) is 4.68 Å². The molecule has 11 heteroatoms. The summed E-state index contributed by atoms with van der Waals surface area (Å²) in [4.78, 5) is 23.4. The minimum Gasteiger partial charge on any atom is -0.326 e. The van der Waals surface area contributed by atoms with Gasteiger partial charge in [-0.25, -0.2) is 27.0 Å². The van der Waals surface area contributed by atoms with Crippen molar-refractivity contribution < 1.29 is 17.6 Å². The molecule has 9 nitrogen and oxygen atoms in total. The Bertz CT molecular complexity index is 1220. The van der Waals surface area contributed by atoms with Crippen molar-refractivity contribution in [3.8, 4) is 11.4 Å². The Morgan fingerprint density at radius 3 is 2.33 bits per heavy atom. The molecule has 1 amide bonds. The fraction of sp³-hybridized carbons (Fsp3) is 0.211. The standard InChI is InChI=1S/C19H20FN5O4S/c1-13(26)22-16-7-9-17(10-8-16)30(28,29)21-11-12-25-19(27)24(2)18(23-25)14-3-5-15(20)6-4-14/h3-10,21H,11-12H2,1-2H3,(H,22,26). The number of nitrogens with one attached hydrogen (secondary N) is 2. The van der Waals surface area contributed by atoms with Gasteiger partial charge in [-0.15, -0.1) is 5.10 Å². The molecule has 0 unspecified atom stereocenters. The van der Waals surface area contributed by atoms with Crippen LogP contribution in [0.25, 0.3) is 11.4 Å². The monoisotopic (exact) mass is 433 g/mol. The van der Waals surface area contributed by atoms with Crippen LogP contribution in [0.4, 0.5) is 10.1 Å². The number of anilines is 1. The Hall–Kier alpha value is -3.31. The molecular formula is C19H20FN5O4S. The zero-order valence-electron chi connectivity index (χ0n) is 16.3. The van der Waals surface area contributed by atoms with Crippen molar-refractivity contribution in [2.45, 2.75) is 18.4 Å². The van der Waals surface area contributed by atoms with E-state index >= 15 is 0 Å². The summed E-state index contributed by atoms with van der Waals surface area (Å²) in [5.74, 6) is -0.316. The number of sulfonamides is 1. The van der Waals surface area contributed by atoms with Gasteiger partial charge in [0.15, 0.2) is 5.82 Å². The quantitative estimate of drug-likeness (QED) is 0.583. The summed E-state index contributed by atoms with van der Waals surface area (Å²) in [6.07, 6.45) is 0. The molecule has 2 N–H and O–H groups in total. The van der Waals surface area contributed by atoms with Gasteiger partial charge in [0.1, 0.15) is 5.82 Å². The van der Waals surface area contributed by atoms with Crippen molar-refractivity contribution in [2.24, 2.45) is 7.05 Å². The lowest BCUT2D eigenvalue weighted by Gasteiger charge is -2.08. The third-order valence-electron chi connectivity index (χ3n) is 4.24. The van der Waals surface area contributed by atoms with Crippen LogP contribution in [-0.4, -0.2) is 35.2 Å². The van der Waals surface area contributed by atoms with Gasteiger partial charge in [-0.3, -0.25) is 9.36 Å². The zero-order chi connectivity index (χ0) is 21.9. The van der Waals surface area contributed by atoms with E-state index in [4.69, 9.17) is 0 Å². The molecule has 1 aromatic heterocycles. The summed E-state index contributed by atoms with van der Waals surface area (Å²) in [5.41, 5.74) is 0.623. The maximum absolute atomic E-state index is 13.1. The van der Waals surface area contributed by atoms with Crippen molar-refractivity contribution in [3.63, 3.8) is 0 Å². The fourth-order valence-electron chi connectivity index (χ4n) is 2.77. The lowest BCUT2D eigenvalue weighted by Crippen LogP contribution is -2.31. The molecule has 2 aromatic carbocycles. The second-order valence-corrected chi connectivity index (χ2v) is 8.27. The SMILES string of the molecule is CC(=O)Nc1ccc(S(=O)(=O)NCCn2nc(-c3ccc(F)cc3)n(C)c2=O)cc1. The van der Waals surface area contributed by atoms with Crippen LogP contribution in [0.5, 0.6) is 0 Å². The Kier molecular flexibility index (Phi) is 6.13. The molecule has 158 valence electrons. The average molecular weight is 433 g/mol. The van der Waals surface area contributed by atoms with E-state index in [2.05, 4.69) is 15.1 Å². The first kappa shape index (κ1) is 21.4. The van der Waals surface area contributed by atoms with Crippen molar-refractivity contribution >= 4 is 21.6 Å². The van der Waals surface area contributed by atoms with E-state index in [1.54, 1.807) is 0 Å². The lowest BCUT2D eigenvalue weighted by atomic mass is 10.2. The van der Waals surface area contributed by atoms with E-state index in [9.17, 15) is 22.4 Å². The number of hydrogen-bond donors (Lipinski definition) is 2. The van der Waals surface area contributed by atoms with Gasteiger partial charge in [0.05, 0.1) is 11.4 Å². The summed E-state index contributed by atoms with van der Waals surface area (Å²) in [5, 5.41) is 6.77. The molecule has 0 spiro atoms. The number of carbonyl (C=O) groups excluding carboxylic acids is 1. The molecule has 3 rings (SSSR count). The van der Waals surface area contributed by atoms with Gasteiger partial charge in [0.25, 0.3) is 0 Å². The van der Waals surface area contributed by atoms with Gasteiger partial charge in [0.2, 0.25) is 15.9 Å². The average Bonchev–Trinajstić information content (AvgIpc) is 2.97. The van der Waals surface area contributed by atoms with Crippen LogP contribution in [0.1, 0.15) is 6.92 Å². The first-order chi connectivity index (χ1) is 14.2. The summed E-state index contributed by atoms with van der Waals surface area (Å²) in [6.45, 7) is 1.31. The Labute approximate surface area is 172 Å². The van der Waals surface area contributed by atoms with Crippen molar-refractivity contribution in [2.75, 3.05) is 11.9 Å². The predicted octanol–water partition coefficient (Wildman–Crippen LogP) is 1.32. The van der Waals surface area contributed by atoms with Crippen molar-refractivity contribution in [1.29, 1.82) is 0 Å². The summed E-state index contributed by atoms with van der Waals surface area (Å²) >= 11 is 0. The molecule has 0 aliphatic carbocycles. The van der Waals surface area contributed by atoms with Gasteiger partial charge in [-0.2, -0.15) is 0 Å². The summed E-state index contributed by atoms with van der Waals surface area (Å²) in [7, 11) is -2.27. The van der Waals surface area contributed by atoms with Gasteiger partial charge >= 0.3 is 5.69 Å². The second kappa shape index (κ2) is 8.59. The van der Waals surface area contributed by atoms with E-state index in [0.29, 0.717) is 17.1 Å². The molecule has 0 atom stereocenters. The molecule has 0 aliphatic rings. The summed E-state index contributed by atoms with van der Waals surface area (Å²) < 4.78 is 42.8.